The fourth-order valence-electron chi connectivity index (χ4n) is 0. The quantitative estimate of drug-likeness (QED) is 0.198. The van der Waals surface area contributed by atoms with Crippen molar-refractivity contribution < 1.29 is 69.5 Å². The van der Waals surface area contributed by atoms with Gasteiger partial charge in [-0.05, 0) is 0 Å². The maximum absolute atomic E-state index is 8.26. The summed E-state index contributed by atoms with van der Waals surface area (Å²) in [7, 11) is 14.6. The Morgan fingerprint density at radius 1 is 0.412 bits per heavy atom. The number of hydrogen-bond donors (Lipinski definition) is 0. The molecule has 0 heterocycles. The third kappa shape index (κ3) is 111. The van der Waals surface area contributed by atoms with E-state index in [9.17, 15) is 0 Å². The molecule has 7 nitrogen and oxygen atoms in total. The van der Waals surface area contributed by atoms with Gasteiger partial charge in [-0.25, -0.2) is 0 Å². The van der Waals surface area contributed by atoms with E-state index in [-0.39, 0.29) is 54.0 Å². The van der Waals surface area contributed by atoms with Crippen LogP contribution in [0.15, 0.2) is 0 Å². The van der Waals surface area contributed by atoms with Crippen LogP contribution in [0.2, 0.25) is 0 Å². The largest absolute Gasteiger partial charge is 2.00 e. The SMILES string of the molecule is CN(C)C(=S)[S-].CN(C)C(=S)[S-].CN(C)C(=S)[S-].CN(C)C(=S)[S-].[O]=[Mo+4].[O]=[Mo+4].[O]=[Mo+4].[S-2].[S-2].[S-2].[S-2]. The van der Waals surface area contributed by atoms with Crippen molar-refractivity contribution in [1.82, 2.24) is 19.6 Å². The third-order valence-corrected chi connectivity index (χ3v) is 4.38. The Bertz CT molecular complexity index is 381. The van der Waals surface area contributed by atoms with Crippen molar-refractivity contribution in [3.63, 3.8) is 0 Å². The Kier molecular flexibility index (Phi) is 127. The van der Waals surface area contributed by atoms with Crippen molar-refractivity contribution in [3.8, 4) is 0 Å². The van der Waals surface area contributed by atoms with Crippen molar-refractivity contribution in [2.24, 2.45) is 0 Å². The van der Waals surface area contributed by atoms with Crippen molar-refractivity contribution in [2.45, 2.75) is 0 Å². The maximum atomic E-state index is 8.26. The van der Waals surface area contributed by atoms with Crippen molar-refractivity contribution in [2.75, 3.05) is 56.4 Å². The van der Waals surface area contributed by atoms with Crippen LogP contribution >= 0.6 is 48.9 Å². The summed E-state index contributed by atoms with van der Waals surface area (Å²) < 4.78 is 26.8. The van der Waals surface area contributed by atoms with E-state index in [1.54, 1.807) is 19.6 Å². The van der Waals surface area contributed by atoms with Crippen LogP contribution < -0.4 is 0 Å². The van der Waals surface area contributed by atoms with Gasteiger partial charge >= 0.3 is 69.5 Å². The molecule has 0 fully saturated rings. The summed E-state index contributed by atoms with van der Waals surface area (Å²) in [6, 6.07) is 0. The molecule has 0 saturated heterocycles. The van der Waals surface area contributed by atoms with E-state index in [0.29, 0.717) is 76.6 Å². The minimum atomic E-state index is 0. The van der Waals surface area contributed by atoms with E-state index in [1.807, 2.05) is 56.4 Å². The second-order valence-electron chi connectivity index (χ2n) is 4.64. The number of nitrogens with zero attached hydrogens (tertiary/aromatic N) is 4. The molecule has 0 bridgehead atoms. The molecule has 0 N–H and O–H groups in total. The average molecular weight is 945 g/mol. The van der Waals surface area contributed by atoms with Crippen LogP contribution in [0.5, 0.6) is 0 Å². The van der Waals surface area contributed by atoms with E-state index >= 15 is 0 Å². The van der Waals surface area contributed by atoms with E-state index in [4.69, 9.17) is 10.2 Å². The van der Waals surface area contributed by atoms with Gasteiger partial charge in [0.1, 0.15) is 0 Å². The Labute approximate surface area is 311 Å². The minimum absolute atomic E-state index is 0. The van der Waals surface area contributed by atoms with E-state index in [0.717, 1.165) is 0 Å². The average Bonchev–Trinajstić information content (AvgIpc) is 2.67. The summed E-state index contributed by atoms with van der Waals surface area (Å²) in [5.74, 6) is 0. The number of hydrogen-bond acceptors (Lipinski definition) is 11. The van der Waals surface area contributed by atoms with Crippen molar-refractivity contribution >= 4 is 171 Å². The Balaban J connectivity index is -0.0000000206. The molecule has 0 unspecified atom stereocenters. The molecule has 0 spiro atoms. The monoisotopic (exact) mass is 950 g/mol. The maximum Gasteiger partial charge on any atom is -2.00 e. The van der Waals surface area contributed by atoms with E-state index < -0.39 is 0 Å². The van der Waals surface area contributed by atoms with Crippen LogP contribution in [0.1, 0.15) is 0 Å². The van der Waals surface area contributed by atoms with Crippen LogP contribution in [0.3, 0.4) is 0 Å². The van der Waals surface area contributed by atoms with Crippen LogP contribution in [-0.4, -0.2) is 93.3 Å². The summed E-state index contributed by atoms with van der Waals surface area (Å²) >= 11 is 38.6. The smallest absolute Gasteiger partial charge is 2.00 e. The fraction of sp³-hybridized carbons (Fsp3) is 0.667. The fourth-order valence-corrected chi connectivity index (χ4v) is 0. The van der Waals surface area contributed by atoms with Gasteiger partial charge in [-0.3, -0.25) is 0 Å². The topological polar surface area (TPSA) is 64.2 Å². The molecule has 200 valence electrons. The first-order valence-electron chi connectivity index (χ1n) is 6.61. The molecular weight excluding hydrogens is 921 g/mol. The second-order valence-corrected chi connectivity index (χ2v) is 8.77. The summed E-state index contributed by atoms with van der Waals surface area (Å²) in [6.07, 6.45) is 0. The summed E-state index contributed by atoms with van der Waals surface area (Å²) in [6.45, 7) is 0. The first-order chi connectivity index (χ1) is 13.6. The van der Waals surface area contributed by atoms with Gasteiger partial charge in [-0.1, -0.05) is 17.3 Å². The van der Waals surface area contributed by atoms with Crippen molar-refractivity contribution in [1.29, 1.82) is 0 Å². The predicted octanol–water partition coefficient (Wildman–Crippen LogP) is 1.15. The van der Waals surface area contributed by atoms with Crippen molar-refractivity contribution in [3.05, 3.63) is 0 Å². The van der Waals surface area contributed by atoms with Crippen LogP contribution in [0.4, 0.5) is 0 Å². The molecule has 0 aliphatic heterocycles. The molecule has 0 aliphatic rings. The summed E-state index contributed by atoms with van der Waals surface area (Å²) in [5, 5.41) is 0. The van der Waals surface area contributed by atoms with Gasteiger partial charge in [0.05, 0.1) is 0 Å². The molecule has 0 amide bonds. The first kappa shape index (κ1) is 71.1. The molecular formula is C12H24Mo3N4O3S12. The van der Waals surface area contributed by atoms with Gasteiger partial charge in [0.15, 0.2) is 0 Å². The van der Waals surface area contributed by atoms with Gasteiger partial charge in [0.25, 0.3) is 0 Å². The molecule has 0 rings (SSSR count). The van der Waals surface area contributed by atoms with Gasteiger partial charge in [-0.15, -0.1) is 0 Å². The van der Waals surface area contributed by atoms with Crippen LogP contribution in [0, 0.1) is 0 Å². The summed E-state index contributed by atoms with van der Waals surface area (Å²) in [4.78, 5) is 6.85. The first-order valence-corrected chi connectivity index (χ1v) is 12.3. The van der Waals surface area contributed by atoms with Gasteiger partial charge in [-0.2, -0.15) is 0 Å². The predicted molar refractivity (Wildman–Crippen MR) is 166 cm³/mol. The molecule has 34 heavy (non-hydrogen) atoms. The van der Waals surface area contributed by atoms with Crippen LogP contribution in [-0.2, 0) is 174 Å². The molecule has 0 aromatic rings. The zero-order valence-electron chi connectivity index (χ0n) is 19.1. The molecule has 0 aromatic carbocycles. The van der Waals surface area contributed by atoms with E-state index in [1.165, 1.54) is 0 Å². The van der Waals surface area contributed by atoms with Crippen LogP contribution in [0.25, 0.3) is 0 Å². The zero-order valence-corrected chi connectivity index (χ0v) is 35.0. The molecule has 22 heteroatoms. The van der Waals surface area contributed by atoms with E-state index in [2.05, 4.69) is 99.4 Å². The number of thiocarbonyl (C=S) groups is 4. The molecule has 0 atom stereocenters. The Morgan fingerprint density at radius 2 is 0.441 bits per heavy atom. The second kappa shape index (κ2) is 60.7. The third-order valence-electron chi connectivity index (χ3n) is 1.46. The molecule has 0 aliphatic carbocycles. The van der Waals surface area contributed by atoms with Gasteiger partial charge < -0.3 is 173 Å². The number of rotatable bonds is 0. The standard InChI is InChI=1S/4C3H7NS2.3Mo.3O.4S/c4*1-4(2)3(5)6;;;;;;;;;;/h4*1-2H3,(H,5,6);;;;;;;;;;/q;;;;3*+4;;;;4*-2/p-4. The summed E-state index contributed by atoms with van der Waals surface area (Å²) in [5.41, 5.74) is 0. The molecule has 0 radical (unpaired) electrons. The van der Waals surface area contributed by atoms with Gasteiger partial charge in [0, 0.05) is 56.4 Å². The molecule has 0 saturated carbocycles. The van der Waals surface area contributed by atoms with Gasteiger partial charge in [0.2, 0.25) is 0 Å². The molecule has 0 aromatic heterocycles. The zero-order chi connectivity index (χ0) is 26.6. The minimum Gasteiger partial charge on any atom is -2.00 e. The Hall–Kier alpha value is 3.30. The normalized spacial score (nSPS) is 5.94. The Morgan fingerprint density at radius 3 is 0.441 bits per heavy atom.